The van der Waals surface area contributed by atoms with Crippen LogP contribution in [0.1, 0.15) is 16.1 Å². The lowest BCUT2D eigenvalue weighted by atomic mass is 10.2. The van der Waals surface area contributed by atoms with Gasteiger partial charge in [-0.05, 0) is 19.1 Å². The molecule has 0 radical (unpaired) electrons. The van der Waals surface area contributed by atoms with E-state index >= 15 is 0 Å². The van der Waals surface area contributed by atoms with Gasteiger partial charge in [0.2, 0.25) is 5.91 Å². The predicted molar refractivity (Wildman–Crippen MR) is 76.1 cm³/mol. The Bertz CT molecular complexity index is 671. The second-order valence-electron chi connectivity index (χ2n) is 4.37. The molecule has 2 aromatic rings. The van der Waals surface area contributed by atoms with E-state index in [2.05, 4.69) is 15.5 Å². The van der Waals surface area contributed by atoms with Gasteiger partial charge < -0.3 is 14.7 Å². The zero-order chi connectivity index (χ0) is 15.4. The maximum atomic E-state index is 12.1. The van der Waals surface area contributed by atoms with Gasteiger partial charge in [-0.1, -0.05) is 16.8 Å². The maximum absolute atomic E-state index is 12.1. The Balaban J connectivity index is 1.97. The first kappa shape index (κ1) is 15.0. The van der Waals surface area contributed by atoms with Crippen molar-refractivity contribution in [3.63, 3.8) is 0 Å². The van der Waals surface area contributed by atoms with Gasteiger partial charge in [-0.15, -0.1) is 0 Å². The number of anilines is 1. The topological polar surface area (TPSA) is 88.3 Å². The number of halogens is 1. The molecule has 2 rings (SSSR count). The lowest BCUT2D eigenvalue weighted by molar-refractivity contribution is -0.116. The molecule has 1 N–H and O–H groups in total. The third-order valence-corrected chi connectivity index (χ3v) is 2.91. The van der Waals surface area contributed by atoms with Crippen LogP contribution in [0.15, 0.2) is 28.9 Å². The number of pyridine rings is 1. The molecular weight excluding hydrogens is 296 g/mol. The number of hydrogen-bond donors (Lipinski definition) is 1. The van der Waals surface area contributed by atoms with Crippen LogP contribution in [0.25, 0.3) is 0 Å². The third kappa shape index (κ3) is 3.79. The number of likely N-dealkylation sites (N-methyl/N-ethyl adjacent to an activating group) is 1. The molecule has 0 saturated heterocycles. The van der Waals surface area contributed by atoms with E-state index in [1.807, 2.05) is 0 Å². The predicted octanol–water partition coefficient (Wildman–Crippen LogP) is 1.74. The van der Waals surface area contributed by atoms with Gasteiger partial charge in [-0.25, -0.2) is 4.98 Å². The molecule has 0 aliphatic rings. The number of nitrogens with zero attached hydrogens (tertiary/aromatic N) is 3. The minimum atomic E-state index is -0.390. The summed E-state index contributed by atoms with van der Waals surface area (Å²) in [6.07, 6.45) is 1.48. The van der Waals surface area contributed by atoms with Crippen molar-refractivity contribution >= 4 is 29.2 Å². The summed E-state index contributed by atoms with van der Waals surface area (Å²) in [5.41, 5.74) is 0.242. The molecule has 0 unspecified atom stereocenters. The molecule has 0 saturated carbocycles. The number of nitrogens with one attached hydrogen (secondary N) is 1. The first-order valence-electron chi connectivity index (χ1n) is 6.06. The average Bonchev–Trinajstić information content (AvgIpc) is 2.83. The van der Waals surface area contributed by atoms with Crippen molar-refractivity contribution in [2.45, 2.75) is 6.92 Å². The van der Waals surface area contributed by atoms with Gasteiger partial charge in [-0.3, -0.25) is 9.59 Å². The Labute approximate surface area is 125 Å². The smallest absolute Gasteiger partial charge is 0.257 e. The van der Waals surface area contributed by atoms with Crippen LogP contribution in [0.4, 0.5) is 5.82 Å². The highest BCUT2D eigenvalue weighted by Gasteiger charge is 2.18. The van der Waals surface area contributed by atoms with E-state index in [0.717, 1.165) is 0 Å². The highest BCUT2D eigenvalue weighted by molar-refractivity contribution is 6.32. The van der Waals surface area contributed by atoms with Crippen molar-refractivity contribution in [2.24, 2.45) is 0 Å². The van der Waals surface area contributed by atoms with Gasteiger partial charge >= 0.3 is 0 Å². The average molecular weight is 309 g/mol. The van der Waals surface area contributed by atoms with Crippen molar-refractivity contribution in [1.82, 2.24) is 15.0 Å². The second-order valence-corrected chi connectivity index (χ2v) is 4.73. The SMILES string of the molecule is Cc1cc(NC(=O)CN(C)C(=O)c2cccnc2Cl)no1. The van der Waals surface area contributed by atoms with Crippen LogP contribution >= 0.6 is 11.6 Å². The molecule has 2 amide bonds. The van der Waals surface area contributed by atoms with Gasteiger partial charge in [0.15, 0.2) is 5.82 Å². The molecule has 0 bridgehead atoms. The monoisotopic (exact) mass is 308 g/mol. The lowest BCUT2D eigenvalue weighted by Crippen LogP contribution is -2.35. The van der Waals surface area contributed by atoms with Crippen LogP contribution in [-0.4, -0.2) is 40.4 Å². The number of carbonyl (C=O) groups excluding carboxylic acids is 2. The molecule has 0 aliphatic heterocycles. The van der Waals surface area contributed by atoms with Crippen molar-refractivity contribution in [2.75, 3.05) is 18.9 Å². The van der Waals surface area contributed by atoms with Crippen LogP contribution in [0.3, 0.4) is 0 Å². The highest BCUT2D eigenvalue weighted by Crippen LogP contribution is 2.13. The van der Waals surface area contributed by atoms with Crippen LogP contribution < -0.4 is 5.32 Å². The Hall–Kier alpha value is -2.41. The quantitative estimate of drug-likeness (QED) is 0.869. The molecule has 0 aliphatic carbocycles. The fourth-order valence-electron chi connectivity index (χ4n) is 1.65. The Morgan fingerprint density at radius 3 is 2.86 bits per heavy atom. The van der Waals surface area contributed by atoms with Gasteiger partial charge in [0, 0.05) is 19.3 Å². The van der Waals surface area contributed by atoms with Crippen molar-refractivity contribution in [1.29, 1.82) is 0 Å². The fourth-order valence-corrected chi connectivity index (χ4v) is 1.85. The summed E-state index contributed by atoms with van der Waals surface area (Å²) in [5, 5.41) is 6.27. The zero-order valence-corrected chi connectivity index (χ0v) is 12.2. The van der Waals surface area contributed by atoms with E-state index in [1.165, 1.54) is 18.1 Å². The minimum Gasteiger partial charge on any atom is -0.360 e. The number of aromatic nitrogens is 2. The van der Waals surface area contributed by atoms with E-state index in [-0.39, 0.29) is 29.1 Å². The number of rotatable bonds is 4. The van der Waals surface area contributed by atoms with Crippen LogP contribution in [0.5, 0.6) is 0 Å². The van der Waals surface area contributed by atoms with E-state index in [0.29, 0.717) is 11.6 Å². The fraction of sp³-hybridized carbons (Fsp3) is 0.231. The minimum absolute atomic E-state index is 0.0990. The van der Waals surface area contributed by atoms with E-state index < -0.39 is 0 Å². The van der Waals surface area contributed by atoms with E-state index in [9.17, 15) is 9.59 Å². The Kier molecular flexibility index (Phi) is 4.54. The summed E-state index contributed by atoms with van der Waals surface area (Å²) in [7, 11) is 1.50. The molecule has 0 fully saturated rings. The largest absolute Gasteiger partial charge is 0.360 e. The highest BCUT2D eigenvalue weighted by atomic mass is 35.5. The number of amides is 2. The summed E-state index contributed by atoms with van der Waals surface area (Å²) in [5.74, 6) is 0.105. The Morgan fingerprint density at radius 1 is 1.48 bits per heavy atom. The number of carbonyl (C=O) groups is 2. The summed E-state index contributed by atoms with van der Waals surface area (Å²) in [6, 6.07) is 4.73. The van der Waals surface area contributed by atoms with Crippen molar-refractivity contribution in [3.05, 3.63) is 40.9 Å². The summed E-state index contributed by atoms with van der Waals surface area (Å²) in [6.45, 7) is 1.57. The van der Waals surface area contributed by atoms with Crippen molar-refractivity contribution < 1.29 is 14.1 Å². The molecule has 0 atom stereocenters. The summed E-state index contributed by atoms with van der Waals surface area (Å²) >= 11 is 5.85. The second kappa shape index (κ2) is 6.36. The van der Waals surface area contributed by atoms with E-state index in [4.69, 9.17) is 16.1 Å². The zero-order valence-electron chi connectivity index (χ0n) is 11.5. The Morgan fingerprint density at radius 2 is 2.24 bits per heavy atom. The number of hydrogen-bond acceptors (Lipinski definition) is 5. The van der Waals surface area contributed by atoms with Gasteiger partial charge in [0.25, 0.3) is 5.91 Å². The molecule has 7 nitrogen and oxygen atoms in total. The van der Waals surface area contributed by atoms with Crippen LogP contribution in [0, 0.1) is 6.92 Å². The molecule has 21 heavy (non-hydrogen) atoms. The first-order valence-corrected chi connectivity index (χ1v) is 6.44. The lowest BCUT2D eigenvalue weighted by Gasteiger charge is -2.16. The van der Waals surface area contributed by atoms with E-state index in [1.54, 1.807) is 25.1 Å². The molecule has 8 heteroatoms. The molecule has 110 valence electrons. The standard InChI is InChI=1S/C13H13ClN4O3/c1-8-6-10(17-21-8)16-11(19)7-18(2)13(20)9-4-3-5-15-12(9)14/h3-6H,7H2,1-2H3,(H,16,17,19). The molecule has 0 spiro atoms. The molecule has 2 aromatic heterocycles. The molecule has 2 heterocycles. The van der Waals surface area contributed by atoms with Crippen molar-refractivity contribution in [3.8, 4) is 0 Å². The molecule has 0 aromatic carbocycles. The third-order valence-electron chi connectivity index (χ3n) is 2.61. The molecular formula is C13H13ClN4O3. The summed E-state index contributed by atoms with van der Waals surface area (Å²) in [4.78, 5) is 29.0. The first-order chi connectivity index (χ1) is 9.97. The normalized spacial score (nSPS) is 10.2. The maximum Gasteiger partial charge on any atom is 0.257 e. The van der Waals surface area contributed by atoms with Gasteiger partial charge in [-0.2, -0.15) is 0 Å². The summed E-state index contributed by atoms with van der Waals surface area (Å²) < 4.78 is 4.83. The van der Waals surface area contributed by atoms with Gasteiger partial charge in [0.1, 0.15) is 10.9 Å². The van der Waals surface area contributed by atoms with Crippen LogP contribution in [0.2, 0.25) is 5.15 Å². The van der Waals surface area contributed by atoms with Gasteiger partial charge in [0.05, 0.1) is 12.1 Å². The number of aryl methyl sites for hydroxylation is 1. The van der Waals surface area contributed by atoms with Crippen LogP contribution in [-0.2, 0) is 4.79 Å².